The predicted octanol–water partition coefficient (Wildman–Crippen LogP) is 2.83. The molecule has 0 aliphatic carbocycles. The number of benzene rings is 1. The van der Waals surface area contributed by atoms with Gasteiger partial charge in [-0.15, -0.1) is 0 Å². The van der Waals surface area contributed by atoms with E-state index < -0.39 is 47.2 Å². The van der Waals surface area contributed by atoms with Gasteiger partial charge in [0, 0.05) is 6.42 Å². The Hall–Kier alpha value is -2.06. The molecule has 0 aliphatic heterocycles. The summed E-state index contributed by atoms with van der Waals surface area (Å²) in [6.45, 7) is -0.244. The highest BCUT2D eigenvalue weighted by Gasteiger charge is 2.28. The van der Waals surface area contributed by atoms with Crippen LogP contribution in [0.2, 0.25) is 0 Å². The summed E-state index contributed by atoms with van der Waals surface area (Å²) in [5.74, 6) is -14.2. The number of carbonyl (C=O) groups excluding carboxylic acids is 1. The molecular formula is C10H6F5NO3. The summed E-state index contributed by atoms with van der Waals surface area (Å²) in [6, 6.07) is 0. The number of hydrogen-bond donors (Lipinski definition) is 0. The van der Waals surface area contributed by atoms with Gasteiger partial charge in [-0.25, -0.2) is 13.2 Å². The lowest BCUT2D eigenvalue weighted by molar-refractivity contribution is -0.134. The van der Waals surface area contributed by atoms with Crippen molar-refractivity contribution < 1.29 is 31.5 Å². The molecule has 0 atom stereocenters. The lowest BCUT2D eigenvalue weighted by Crippen LogP contribution is -2.13. The van der Waals surface area contributed by atoms with E-state index in [0.717, 1.165) is 0 Å². The molecule has 1 aromatic carbocycles. The molecule has 104 valence electrons. The highest BCUT2D eigenvalue weighted by Crippen LogP contribution is 2.29. The zero-order valence-electron chi connectivity index (χ0n) is 9.18. The van der Waals surface area contributed by atoms with Crippen molar-refractivity contribution in [2.75, 3.05) is 6.54 Å². The fourth-order valence-corrected chi connectivity index (χ4v) is 1.13. The molecular weight excluding hydrogens is 277 g/mol. The topological polar surface area (TPSA) is 55.7 Å². The average Bonchev–Trinajstić information content (AvgIpc) is 2.39. The Morgan fingerprint density at radius 1 is 0.947 bits per heavy atom. The smallest absolute Gasteiger partial charge is 0.311 e. The second-order valence-corrected chi connectivity index (χ2v) is 3.33. The Balaban J connectivity index is 2.95. The molecule has 0 spiro atoms. The standard InChI is InChI=1S/C10H6F5NO3/c11-5-6(12)8(14)10(9(15)7(5)13)19-4(17)2-1-3-16-18/h1-3H2. The molecule has 9 heteroatoms. The summed E-state index contributed by atoms with van der Waals surface area (Å²) in [4.78, 5) is 20.8. The zero-order valence-corrected chi connectivity index (χ0v) is 9.18. The third-order valence-electron chi connectivity index (χ3n) is 2.02. The Bertz CT molecular complexity index is 491. The van der Waals surface area contributed by atoms with Gasteiger partial charge < -0.3 is 4.74 Å². The number of halogens is 5. The van der Waals surface area contributed by atoms with Gasteiger partial charge in [0.05, 0.1) is 6.54 Å². The van der Waals surface area contributed by atoms with Crippen LogP contribution in [-0.2, 0) is 4.79 Å². The van der Waals surface area contributed by atoms with Crippen LogP contribution in [0.5, 0.6) is 5.75 Å². The predicted molar refractivity (Wildman–Crippen MR) is 51.8 cm³/mol. The molecule has 1 rings (SSSR count). The molecule has 0 amide bonds. The first-order chi connectivity index (χ1) is 8.90. The number of nitrogens with zero attached hydrogens (tertiary/aromatic N) is 1. The molecule has 0 saturated heterocycles. The molecule has 0 aliphatic rings. The molecule has 0 saturated carbocycles. The van der Waals surface area contributed by atoms with E-state index >= 15 is 0 Å². The number of carbonyl (C=O) groups is 1. The summed E-state index contributed by atoms with van der Waals surface area (Å²) >= 11 is 0. The Morgan fingerprint density at radius 3 is 1.89 bits per heavy atom. The lowest BCUT2D eigenvalue weighted by atomic mass is 10.2. The van der Waals surface area contributed by atoms with E-state index in [1.54, 1.807) is 0 Å². The van der Waals surface area contributed by atoms with Crippen molar-refractivity contribution in [2.24, 2.45) is 5.18 Å². The van der Waals surface area contributed by atoms with Crippen LogP contribution in [0.1, 0.15) is 12.8 Å². The summed E-state index contributed by atoms with van der Waals surface area (Å²) < 4.78 is 68.4. The second kappa shape index (κ2) is 6.21. The Kier molecular flexibility index (Phi) is 4.90. The van der Waals surface area contributed by atoms with E-state index in [1.165, 1.54) is 0 Å². The van der Waals surface area contributed by atoms with Crippen molar-refractivity contribution in [2.45, 2.75) is 12.8 Å². The summed E-state index contributed by atoms with van der Waals surface area (Å²) in [7, 11) is 0. The normalized spacial score (nSPS) is 10.4. The molecule has 0 N–H and O–H groups in total. The van der Waals surface area contributed by atoms with Crippen molar-refractivity contribution >= 4 is 5.97 Å². The third kappa shape index (κ3) is 3.24. The minimum absolute atomic E-state index is 0.0717. The van der Waals surface area contributed by atoms with Crippen LogP contribution < -0.4 is 4.74 Å². The van der Waals surface area contributed by atoms with Gasteiger partial charge in [-0.2, -0.15) is 13.7 Å². The van der Waals surface area contributed by atoms with Crippen LogP contribution >= 0.6 is 0 Å². The quantitative estimate of drug-likeness (QED) is 0.159. The van der Waals surface area contributed by atoms with Gasteiger partial charge >= 0.3 is 5.97 Å². The van der Waals surface area contributed by atoms with Crippen molar-refractivity contribution in [1.29, 1.82) is 0 Å². The van der Waals surface area contributed by atoms with E-state index in [0.29, 0.717) is 0 Å². The largest absolute Gasteiger partial charge is 0.420 e. The fraction of sp³-hybridized carbons (Fsp3) is 0.300. The van der Waals surface area contributed by atoms with Crippen LogP contribution in [-0.4, -0.2) is 12.5 Å². The van der Waals surface area contributed by atoms with Crippen LogP contribution in [0.15, 0.2) is 5.18 Å². The molecule has 1 aromatic rings. The Morgan fingerprint density at radius 2 is 1.42 bits per heavy atom. The maximum Gasteiger partial charge on any atom is 0.311 e. The highest BCUT2D eigenvalue weighted by molar-refractivity contribution is 5.72. The molecule has 0 fully saturated rings. The number of esters is 1. The van der Waals surface area contributed by atoms with Gasteiger partial charge in [-0.3, -0.25) is 4.79 Å². The maximum absolute atomic E-state index is 13.1. The first-order valence-corrected chi connectivity index (χ1v) is 4.91. The van der Waals surface area contributed by atoms with Crippen molar-refractivity contribution in [3.05, 3.63) is 34.0 Å². The monoisotopic (exact) mass is 283 g/mol. The van der Waals surface area contributed by atoms with Crippen LogP contribution in [0.4, 0.5) is 22.0 Å². The van der Waals surface area contributed by atoms with Gasteiger partial charge in [0.1, 0.15) is 0 Å². The van der Waals surface area contributed by atoms with E-state index in [-0.39, 0.29) is 13.0 Å². The number of rotatable bonds is 5. The van der Waals surface area contributed by atoms with E-state index in [9.17, 15) is 31.7 Å². The molecule has 0 heterocycles. The van der Waals surface area contributed by atoms with E-state index in [1.807, 2.05) is 0 Å². The molecule has 4 nitrogen and oxygen atoms in total. The van der Waals surface area contributed by atoms with Gasteiger partial charge in [-0.1, -0.05) is 5.18 Å². The number of ether oxygens (including phenoxy) is 1. The summed E-state index contributed by atoms with van der Waals surface area (Å²) in [5, 5.41) is 2.41. The second-order valence-electron chi connectivity index (χ2n) is 3.33. The SMILES string of the molecule is O=NCCCC(=O)Oc1c(F)c(F)c(F)c(F)c1F. The van der Waals surface area contributed by atoms with E-state index in [2.05, 4.69) is 9.91 Å². The van der Waals surface area contributed by atoms with Crippen molar-refractivity contribution in [3.63, 3.8) is 0 Å². The first kappa shape index (κ1) is 15.0. The van der Waals surface area contributed by atoms with Crippen LogP contribution in [0.3, 0.4) is 0 Å². The molecule has 0 bridgehead atoms. The van der Waals surface area contributed by atoms with Gasteiger partial charge in [0.15, 0.2) is 0 Å². The molecule has 19 heavy (non-hydrogen) atoms. The van der Waals surface area contributed by atoms with E-state index in [4.69, 9.17) is 0 Å². The van der Waals surface area contributed by atoms with Crippen molar-refractivity contribution in [1.82, 2.24) is 0 Å². The van der Waals surface area contributed by atoms with Gasteiger partial charge in [0.2, 0.25) is 34.8 Å². The minimum atomic E-state index is -2.35. The average molecular weight is 283 g/mol. The molecule has 0 aromatic heterocycles. The molecule has 0 radical (unpaired) electrons. The Labute approximate surface area is 103 Å². The number of hydrogen-bond acceptors (Lipinski definition) is 4. The van der Waals surface area contributed by atoms with Gasteiger partial charge in [-0.05, 0) is 6.42 Å². The van der Waals surface area contributed by atoms with Crippen molar-refractivity contribution in [3.8, 4) is 5.75 Å². The van der Waals surface area contributed by atoms with Crippen LogP contribution in [0.25, 0.3) is 0 Å². The molecule has 0 unspecified atom stereocenters. The zero-order chi connectivity index (χ0) is 14.6. The first-order valence-electron chi connectivity index (χ1n) is 4.91. The maximum atomic E-state index is 13.1. The van der Waals surface area contributed by atoms with Crippen LogP contribution in [0, 0.1) is 34.0 Å². The third-order valence-corrected chi connectivity index (χ3v) is 2.02. The lowest BCUT2D eigenvalue weighted by Gasteiger charge is -2.08. The summed E-state index contributed by atoms with van der Waals surface area (Å²) in [5.41, 5.74) is 0. The number of nitroso groups, excluding NO2 is 1. The minimum Gasteiger partial charge on any atom is -0.420 e. The highest BCUT2D eigenvalue weighted by atomic mass is 19.2. The van der Waals surface area contributed by atoms with Gasteiger partial charge in [0.25, 0.3) is 0 Å². The summed E-state index contributed by atoms with van der Waals surface area (Å²) in [6.07, 6.45) is -0.525. The fourth-order valence-electron chi connectivity index (χ4n) is 1.13.